The zero-order valence-electron chi connectivity index (χ0n) is 10.9. The van der Waals surface area contributed by atoms with E-state index in [1.165, 1.54) is 4.90 Å². The number of halogens is 1. The molecule has 7 nitrogen and oxygen atoms in total. The molecule has 1 N–H and O–H groups in total. The molecule has 0 radical (unpaired) electrons. The lowest BCUT2D eigenvalue weighted by Gasteiger charge is -2.46. The van der Waals surface area contributed by atoms with E-state index < -0.39 is 16.4 Å². The summed E-state index contributed by atoms with van der Waals surface area (Å²) >= 11 is 5.81. The van der Waals surface area contributed by atoms with Crippen molar-refractivity contribution in [3.8, 4) is 0 Å². The highest BCUT2D eigenvalue weighted by atomic mass is 35.5. The van der Waals surface area contributed by atoms with Gasteiger partial charge in [0.1, 0.15) is 11.3 Å². The van der Waals surface area contributed by atoms with Crippen LogP contribution in [0.25, 0.3) is 0 Å². The normalized spacial score (nSPS) is 16.6. The molecule has 2 rings (SSSR count). The maximum Gasteiger partial charge on any atom is 0.288 e. The fourth-order valence-corrected chi connectivity index (χ4v) is 2.47. The number of nitrogens with zero attached hydrogens (tertiary/aromatic N) is 3. The molecule has 1 amide bonds. The van der Waals surface area contributed by atoms with E-state index in [2.05, 4.69) is 4.98 Å². The van der Waals surface area contributed by atoms with Crippen molar-refractivity contribution in [1.82, 2.24) is 9.88 Å². The van der Waals surface area contributed by atoms with Gasteiger partial charge in [-0.05, 0) is 6.42 Å². The monoisotopic (exact) mass is 299 g/mol. The van der Waals surface area contributed by atoms with Crippen LogP contribution in [-0.2, 0) is 0 Å². The lowest BCUT2D eigenvalue weighted by molar-refractivity contribution is -0.385. The van der Waals surface area contributed by atoms with Crippen molar-refractivity contribution in [3.63, 3.8) is 0 Å². The summed E-state index contributed by atoms with van der Waals surface area (Å²) in [5.41, 5.74) is -1.16. The predicted octanol–water partition coefficient (Wildman–Crippen LogP) is 1.63. The molecule has 0 spiro atoms. The molecule has 0 saturated carbocycles. The van der Waals surface area contributed by atoms with Crippen LogP contribution < -0.4 is 0 Å². The van der Waals surface area contributed by atoms with Crippen LogP contribution in [0.4, 0.5) is 5.69 Å². The van der Waals surface area contributed by atoms with Crippen molar-refractivity contribution in [2.45, 2.75) is 25.4 Å². The Morgan fingerprint density at radius 1 is 1.65 bits per heavy atom. The van der Waals surface area contributed by atoms with E-state index in [1.54, 1.807) is 0 Å². The minimum absolute atomic E-state index is 0.0144. The van der Waals surface area contributed by atoms with Crippen LogP contribution in [-0.4, -0.2) is 44.5 Å². The van der Waals surface area contributed by atoms with Crippen LogP contribution in [0.1, 0.15) is 30.1 Å². The highest BCUT2D eigenvalue weighted by Gasteiger charge is 2.43. The first-order valence-corrected chi connectivity index (χ1v) is 6.56. The van der Waals surface area contributed by atoms with Crippen molar-refractivity contribution in [1.29, 1.82) is 0 Å². The maximum atomic E-state index is 12.2. The molecular formula is C12H14ClN3O4. The summed E-state index contributed by atoms with van der Waals surface area (Å²) in [4.78, 5) is 27.3. The Hall–Kier alpha value is -1.73. The number of amides is 1. The lowest BCUT2D eigenvalue weighted by atomic mass is 9.89. The van der Waals surface area contributed by atoms with Gasteiger partial charge in [-0.25, -0.2) is 4.98 Å². The van der Waals surface area contributed by atoms with Gasteiger partial charge in [-0.1, -0.05) is 24.9 Å². The molecule has 1 fully saturated rings. The minimum atomic E-state index is -0.856. The standard InChI is InChI=1S/C12H14ClN3O4/c1-2-3-12(18)6-15(7-12)11(17)9-4-8(16(19)20)5-14-10(9)13/h4-5,18H,2-3,6-7H2,1H3. The van der Waals surface area contributed by atoms with Gasteiger partial charge in [0.15, 0.2) is 0 Å². The summed E-state index contributed by atoms with van der Waals surface area (Å²) in [6.07, 6.45) is 2.43. The molecule has 1 aliphatic heterocycles. The van der Waals surface area contributed by atoms with E-state index in [0.717, 1.165) is 18.7 Å². The van der Waals surface area contributed by atoms with E-state index >= 15 is 0 Å². The molecule has 8 heteroatoms. The second-order valence-electron chi connectivity index (χ2n) is 4.92. The number of hydrogen-bond acceptors (Lipinski definition) is 5. The fraction of sp³-hybridized carbons (Fsp3) is 0.500. The van der Waals surface area contributed by atoms with Gasteiger partial charge in [0.05, 0.1) is 29.2 Å². The third-order valence-electron chi connectivity index (χ3n) is 3.24. The summed E-state index contributed by atoms with van der Waals surface area (Å²) < 4.78 is 0. The number of aliphatic hydroxyl groups is 1. The van der Waals surface area contributed by atoms with Gasteiger partial charge in [0.25, 0.3) is 11.6 Å². The number of carbonyl (C=O) groups is 1. The van der Waals surface area contributed by atoms with Crippen LogP contribution in [0, 0.1) is 10.1 Å². The number of carbonyl (C=O) groups excluding carboxylic acids is 1. The summed E-state index contributed by atoms with van der Waals surface area (Å²) in [5.74, 6) is -0.452. The molecule has 0 unspecified atom stereocenters. The Kier molecular flexibility index (Phi) is 3.92. The fourth-order valence-electron chi connectivity index (χ4n) is 2.29. The second-order valence-corrected chi connectivity index (χ2v) is 5.28. The first-order valence-electron chi connectivity index (χ1n) is 6.18. The number of hydrogen-bond donors (Lipinski definition) is 1. The molecular weight excluding hydrogens is 286 g/mol. The first kappa shape index (κ1) is 14.7. The molecule has 0 atom stereocenters. The van der Waals surface area contributed by atoms with Crippen molar-refractivity contribution < 1.29 is 14.8 Å². The lowest BCUT2D eigenvalue weighted by Crippen LogP contribution is -2.63. The van der Waals surface area contributed by atoms with Gasteiger partial charge in [0, 0.05) is 6.07 Å². The number of likely N-dealkylation sites (tertiary alicyclic amines) is 1. The maximum absolute atomic E-state index is 12.2. The number of nitro groups is 1. The van der Waals surface area contributed by atoms with Crippen LogP contribution in [0.2, 0.25) is 5.15 Å². The average molecular weight is 300 g/mol. The molecule has 20 heavy (non-hydrogen) atoms. The van der Waals surface area contributed by atoms with Crippen LogP contribution >= 0.6 is 11.6 Å². The molecule has 0 aromatic carbocycles. The Labute approximate surface area is 120 Å². The quantitative estimate of drug-likeness (QED) is 0.518. The third kappa shape index (κ3) is 2.73. The summed E-state index contributed by atoms with van der Waals surface area (Å²) in [5, 5.41) is 20.6. The summed E-state index contributed by atoms with van der Waals surface area (Å²) in [7, 11) is 0. The average Bonchev–Trinajstić information content (AvgIpc) is 2.35. The van der Waals surface area contributed by atoms with E-state index in [1.807, 2.05) is 6.92 Å². The Morgan fingerprint density at radius 3 is 2.85 bits per heavy atom. The highest BCUT2D eigenvalue weighted by molar-refractivity contribution is 6.32. The van der Waals surface area contributed by atoms with Crippen LogP contribution in [0.15, 0.2) is 12.3 Å². The molecule has 1 aromatic heterocycles. The summed E-state index contributed by atoms with van der Waals surface area (Å²) in [6.45, 7) is 2.36. The van der Waals surface area contributed by atoms with Gasteiger partial charge < -0.3 is 10.0 Å². The second kappa shape index (κ2) is 5.34. The topological polar surface area (TPSA) is 96.6 Å². The van der Waals surface area contributed by atoms with E-state index in [4.69, 9.17) is 11.6 Å². The van der Waals surface area contributed by atoms with Crippen LogP contribution in [0.5, 0.6) is 0 Å². The smallest absolute Gasteiger partial charge is 0.288 e. The van der Waals surface area contributed by atoms with Crippen molar-refractivity contribution in [2.24, 2.45) is 0 Å². The van der Waals surface area contributed by atoms with Crippen molar-refractivity contribution in [2.75, 3.05) is 13.1 Å². The van der Waals surface area contributed by atoms with E-state index in [0.29, 0.717) is 6.42 Å². The molecule has 1 aromatic rings. The van der Waals surface area contributed by atoms with Gasteiger partial charge in [0.2, 0.25) is 0 Å². The summed E-state index contributed by atoms with van der Waals surface area (Å²) in [6, 6.07) is 1.11. The number of aromatic nitrogens is 1. The number of β-amino-alcohol motifs (C(OH)–C–C–N with tert-alkyl or cyclic N) is 1. The van der Waals surface area contributed by atoms with Gasteiger partial charge in [-0.15, -0.1) is 0 Å². The molecule has 1 aliphatic rings. The number of pyridine rings is 1. The van der Waals surface area contributed by atoms with Crippen molar-refractivity contribution >= 4 is 23.2 Å². The molecule has 108 valence electrons. The molecule has 0 aliphatic carbocycles. The Morgan fingerprint density at radius 2 is 2.30 bits per heavy atom. The predicted molar refractivity (Wildman–Crippen MR) is 71.7 cm³/mol. The molecule has 1 saturated heterocycles. The zero-order chi connectivity index (χ0) is 14.9. The molecule has 0 bridgehead atoms. The molecule has 2 heterocycles. The highest BCUT2D eigenvalue weighted by Crippen LogP contribution is 2.29. The van der Waals surface area contributed by atoms with Gasteiger partial charge >= 0.3 is 0 Å². The van der Waals surface area contributed by atoms with Crippen LogP contribution in [0.3, 0.4) is 0 Å². The Bertz CT molecular complexity index is 558. The largest absolute Gasteiger partial charge is 0.386 e. The third-order valence-corrected chi connectivity index (χ3v) is 3.54. The number of rotatable bonds is 4. The SMILES string of the molecule is CCCC1(O)CN(C(=O)c2cc([N+](=O)[O-])cnc2Cl)C1. The zero-order valence-corrected chi connectivity index (χ0v) is 11.6. The van der Waals surface area contributed by atoms with E-state index in [-0.39, 0.29) is 29.5 Å². The first-order chi connectivity index (χ1) is 9.36. The minimum Gasteiger partial charge on any atom is -0.386 e. The Balaban J connectivity index is 2.15. The van der Waals surface area contributed by atoms with Gasteiger partial charge in [-0.2, -0.15) is 0 Å². The van der Waals surface area contributed by atoms with Gasteiger partial charge in [-0.3, -0.25) is 14.9 Å². The van der Waals surface area contributed by atoms with Crippen molar-refractivity contribution in [3.05, 3.63) is 33.1 Å². The van der Waals surface area contributed by atoms with E-state index in [9.17, 15) is 20.0 Å².